The fourth-order valence-corrected chi connectivity index (χ4v) is 2.90. The molecule has 0 saturated heterocycles. The van der Waals surface area contributed by atoms with E-state index in [4.69, 9.17) is 0 Å². The fraction of sp³-hybridized carbons (Fsp3) is 0.222. The maximum atomic E-state index is 11.9. The summed E-state index contributed by atoms with van der Waals surface area (Å²) in [5.74, 6) is -3.39. The zero-order valence-corrected chi connectivity index (χ0v) is 12.3. The van der Waals surface area contributed by atoms with Gasteiger partial charge in [0.1, 0.15) is 0 Å². The summed E-state index contributed by atoms with van der Waals surface area (Å²) in [5, 5.41) is 19.4. The summed E-state index contributed by atoms with van der Waals surface area (Å²) in [6.45, 7) is 1.60. The average Bonchev–Trinajstić information content (AvgIpc) is 2.53. The lowest BCUT2D eigenvalue weighted by molar-refractivity contribution is -0.166. The first kappa shape index (κ1) is 15.8. The maximum Gasteiger partial charge on any atom is 0.322 e. The number of hydrogen-bond donors (Lipinski definition) is 2. The highest BCUT2D eigenvalue weighted by molar-refractivity contribution is 6.00. The molecular formula is C18H18O4. The van der Waals surface area contributed by atoms with Gasteiger partial charge in [-0.05, 0) is 17.5 Å². The van der Waals surface area contributed by atoms with Crippen molar-refractivity contribution in [3.8, 4) is 0 Å². The molecular weight excluding hydrogens is 280 g/mol. The van der Waals surface area contributed by atoms with Crippen molar-refractivity contribution in [2.45, 2.75) is 19.3 Å². The quantitative estimate of drug-likeness (QED) is 0.802. The SMILES string of the molecule is CCC(C(=O)O)(C(=O)O)C(c1ccccc1)c1ccccc1. The molecule has 0 aliphatic heterocycles. The van der Waals surface area contributed by atoms with E-state index in [9.17, 15) is 19.8 Å². The molecule has 2 N–H and O–H groups in total. The number of hydrogen-bond acceptors (Lipinski definition) is 2. The lowest BCUT2D eigenvalue weighted by Crippen LogP contribution is -2.44. The predicted molar refractivity (Wildman–Crippen MR) is 82.7 cm³/mol. The minimum Gasteiger partial charge on any atom is -0.480 e. The van der Waals surface area contributed by atoms with Gasteiger partial charge in [-0.25, -0.2) is 0 Å². The number of benzene rings is 2. The summed E-state index contributed by atoms with van der Waals surface area (Å²) in [6, 6.07) is 17.9. The van der Waals surface area contributed by atoms with E-state index in [0.29, 0.717) is 11.1 Å². The summed E-state index contributed by atoms with van der Waals surface area (Å²) >= 11 is 0. The summed E-state index contributed by atoms with van der Waals surface area (Å²) in [7, 11) is 0. The molecule has 0 saturated carbocycles. The Hall–Kier alpha value is -2.62. The largest absolute Gasteiger partial charge is 0.480 e. The van der Waals surface area contributed by atoms with Crippen molar-refractivity contribution in [2.24, 2.45) is 5.41 Å². The van der Waals surface area contributed by atoms with Crippen LogP contribution in [0.15, 0.2) is 60.7 Å². The van der Waals surface area contributed by atoms with Crippen LogP contribution in [0.1, 0.15) is 30.4 Å². The zero-order valence-electron chi connectivity index (χ0n) is 12.3. The molecule has 0 bridgehead atoms. The lowest BCUT2D eigenvalue weighted by Gasteiger charge is -2.33. The van der Waals surface area contributed by atoms with Crippen LogP contribution in [-0.2, 0) is 9.59 Å². The molecule has 0 aliphatic carbocycles. The first-order chi connectivity index (χ1) is 10.5. The zero-order chi connectivity index (χ0) is 16.2. The van der Waals surface area contributed by atoms with Crippen LogP contribution in [0.4, 0.5) is 0 Å². The van der Waals surface area contributed by atoms with Crippen LogP contribution in [0, 0.1) is 5.41 Å². The Morgan fingerprint density at radius 2 is 1.23 bits per heavy atom. The first-order valence-electron chi connectivity index (χ1n) is 7.10. The van der Waals surface area contributed by atoms with Gasteiger partial charge >= 0.3 is 11.9 Å². The summed E-state index contributed by atoms with van der Waals surface area (Å²) in [5.41, 5.74) is -0.538. The van der Waals surface area contributed by atoms with Crippen molar-refractivity contribution in [1.29, 1.82) is 0 Å². The summed E-state index contributed by atoms with van der Waals surface area (Å²) < 4.78 is 0. The van der Waals surface area contributed by atoms with E-state index >= 15 is 0 Å². The van der Waals surface area contributed by atoms with E-state index in [-0.39, 0.29) is 6.42 Å². The van der Waals surface area contributed by atoms with E-state index in [0.717, 1.165) is 0 Å². The molecule has 0 spiro atoms. The van der Waals surface area contributed by atoms with E-state index < -0.39 is 23.3 Å². The van der Waals surface area contributed by atoms with Crippen molar-refractivity contribution in [1.82, 2.24) is 0 Å². The van der Waals surface area contributed by atoms with Crippen molar-refractivity contribution in [3.05, 3.63) is 71.8 Å². The number of carboxylic acids is 2. The molecule has 0 unspecified atom stereocenters. The molecule has 22 heavy (non-hydrogen) atoms. The van der Waals surface area contributed by atoms with Gasteiger partial charge in [0, 0.05) is 5.92 Å². The Morgan fingerprint density at radius 1 is 0.864 bits per heavy atom. The summed E-state index contributed by atoms with van der Waals surface area (Å²) in [4.78, 5) is 23.8. The van der Waals surface area contributed by atoms with Crippen LogP contribution in [-0.4, -0.2) is 22.2 Å². The third-order valence-electron chi connectivity index (χ3n) is 4.08. The van der Waals surface area contributed by atoms with Crippen LogP contribution >= 0.6 is 0 Å². The van der Waals surface area contributed by atoms with E-state index in [1.165, 1.54) is 0 Å². The van der Waals surface area contributed by atoms with Gasteiger partial charge in [0.15, 0.2) is 5.41 Å². The van der Waals surface area contributed by atoms with Crippen LogP contribution in [0.3, 0.4) is 0 Å². The second kappa shape index (κ2) is 6.43. The van der Waals surface area contributed by atoms with Crippen LogP contribution in [0.25, 0.3) is 0 Å². The molecule has 0 radical (unpaired) electrons. The van der Waals surface area contributed by atoms with Crippen molar-refractivity contribution >= 4 is 11.9 Å². The Balaban J connectivity index is 2.72. The monoisotopic (exact) mass is 298 g/mol. The normalized spacial score (nSPS) is 11.4. The fourth-order valence-electron chi connectivity index (χ4n) is 2.90. The van der Waals surface area contributed by atoms with E-state index in [1.54, 1.807) is 55.5 Å². The Labute approximate surface area is 129 Å². The maximum absolute atomic E-state index is 11.9. The van der Waals surface area contributed by atoms with Crippen molar-refractivity contribution in [3.63, 3.8) is 0 Å². The second-order valence-corrected chi connectivity index (χ2v) is 5.19. The predicted octanol–water partition coefficient (Wildman–Crippen LogP) is 3.38. The van der Waals surface area contributed by atoms with E-state index in [2.05, 4.69) is 0 Å². The number of aliphatic carboxylic acids is 2. The second-order valence-electron chi connectivity index (χ2n) is 5.19. The van der Waals surface area contributed by atoms with Gasteiger partial charge in [-0.15, -0.1) is 0 Å². The third kappa shape index (κ3) is 2.60. The number of carbonyl (C=O) groups is 2. The highest BCUT2D eigenvalue weighted by Gasteiger charge is 2.52. The highest BCUT2D eigenvalue weighted by atomic mass is 16.4. The third-order valence-corrected chi connectivity index (χ3v) is 4.08. The van der Waals surface area contributed by atoms with Gasteiger partial charge in [-0.2, -0.15) is 0 Å². The van der Waals surface area contributed by atoms with E-state index in [1.807, 2.05) is 12.1 Å². The Bertz CT molecular complexity index is 596. The van der Waals surface area contributed by atoms with Crippen LogP contribution in [0.5, 0.6) is 0 Å². The number of carboxylic acid groups (broad SMARTS) is 2. The minimum absolute atomic E-state index is 0.00782. The van der Waals surface area contributed by atoms with Crippen LogP contribution in [0.2, 0.25) is 0 Å². The Kier molecular flexibility index (Phi) is 4.61. The average molecular weight is 298 g/mol. The molecule has 0 aromatic heterocycles. The van der Waals surface area contributed by atoms with Gasteiger partial charge in [-0.1, -0.05) is 67.6 Å². The first-order valence-corrected chi connectivity index (χ1v) is 7.10. The molecule has 0 amide bonds. The molecule has 2 aromatic carbocycles. The molecule has 4 heteroatoms. The Morgan fingerprint density at radius 3 is 1.50 bits per heavy atom. The van der Waals surface area contributed by atoms with Crippen molar-refractivity contribution < 1.29 is 19.8 Å². The molecule has 114 valence electrons. The van der Waals surface area contributed by atoms with Gasteiger partial charge in [0.2, 0.25) is 0 Å². The van der Waals surface area contributed by atoms with Gasteiger partial charge in [0.05, 0.1) is 0 Å². The molecule has 0 fully saturated rings. The topological polar surface area (TPSA) is 74.6 Å². The number of rotatable bonds is 6. The highest BCUT2D eigenvalue weighted by Crippen LogP contribution is 2.44. The van der Waals surface area contributed by atoms with Crippen LogP contribution < -0.4 is 0 Å². The lowest BCUT2D eigenvalue weighted by atomic mass is 9.67. The van der Waals surface area contributed by atoms with Gasteiger partial charge in [-0.3, -0.25) is 9.59 Å². The standard InChI is InChI=1S/C18H18O4/c1-2-18(16(19)20,17(21)22)15(13-9-5-3-6-10-13)14-11-7-4-8-12-14/h3-12,15H,2H2,1H3,(H,19,20)(H,21,22). The van der Waals surface area contributed by atoms with Gasteiger partial charge in [0.25, 0.3) is 0 Å². The van der Waals surface area contributed by atoms with Crippen molar-refractivity contribution in [2.75, 3.05) is 0 Å². The molecule has 2 aromatic rings. The minimum atomic E-state index is -1.90. The molecule has 4 nitrogen and oxygen atoms in total. The molecule has 2 rings (SSSR count). The molecule has 0 atom stereocenters. The summed E-state index contributed by atoms with van der Waals surface area (Å²) in [6.07, 6.45) is -0.00782. The molecule has 0 heterocycles. The smallest absolute Gasteiger partial charge is 0.322 e. The van der Waals surface area contributed by atoms with Gasteiger partial charge < -0.3 is 10.2 Å². The molecule has 0 aliphatic rings.